The highest BCUT2D eigenvalue weighted by molar-refractivity contribution is 5.24. The zero-order chi connectivity index (χ0) is 12.3. The number of rotatable bonds is 3. The summed E-state index contributed by atoms with van der Waals surface area (Å²) >= 11 is 0. The molecule has 17 heavy (non-hydrogen) atoms. The van der Waals surface area contributed by atoms with Gasteiger partial charge in [-0.1, -0.05) is 26.0 Å². The zero-order valence-corrected chi connectivity index (χ0v) is 10.5. The van der Waals surface area contributed by atoms with Gasteiger partial charge in [0.25, 0.3) is 0 Å². The van der Waals surface area contributed by atoms with Crippen molar-refractivity contribution >= 4 is 0 Å². The van der Waals surface area contributed by atoms with Crippen molar-refractivity contribution in [2.75, 3.05) is 13.2 Å². The van der Waals surface area contributed by atoms with Crippen LogP contribution in [-0.4, -0.2) is 18.8 Å². The van der Waals surface area contributed by atoms with Gasteiger partial charge in [0.2, 0.25) is 0 Å². The van der Waals surface area contributed by atoms with E-state index in [4.69, 9.17) is 4.74 Å². The molecule has 1 aliphatic heterocycles. The SMILES string of the molecule is CCC1(CC)OCCNC1c1cccc(F)c1. The van der Waals surface area contributed by atoms with Crippen LogP contribution in [0, 0.1) is 5.82 Å². The minimum Gasteiger partial charge on any atom is -0.372 e. The molecule has 1 heterocycles. The van der Waals surface area contributed by atoms with Gasteiger partial charge >= 0.3 is 0 Å². The topological polar surface area (TPSA) is 21.3 Å². The van der Waals surface area contributed by atoms with Gasteiger partial charge in [-0.3, -0.25) is 0 Å². The summed E-state index contributed by atoms with van der Waals surface area (Å²) in [5.41, 5.74) is 0.778. The zero-order valence-electron chi connectivity index (χ0n) is 10.5. The van der Waals surface area contributed by atoms with Crippen LogP contribution in [0.3, 0.4) is 0 Å². The highest BCUT2D eigenvalue weighted by atomic mass is 19.1. The number of hydrogen-bond donors (Lipinski definition) is 1. The van der Waals surface area contributed by atoms with Crippen LogP contribution in [0.5, 0.6) is 0 Å². The van der Waals surface area contributed by atoms with Crippen LogP contribution in [0.15, 0.2) is 24.3 Å². The standard InChI is InChI=1S/C14H20FNO/c1-3-14(4-2)13(16-8-9-17-14)11-6-5-7-12(15)10-11/h5-7,10,13,16H,3-4,8-9H2,1-2H3. The van der Waals surface area contributed by atoms with Crippen molar-refractivity contribution in [3.63, 3.8) is 0 Å². The van der Waals surface area contributed by atoms with Crippen molar-refractivity contribution in [1.82, 2.24) is 5.32 Å². The third kappa shape index (κ3) is 2.35. The van der Waals surface area contributed by atoms with E-state index in [0.717, 1.165) is 31.6 Å². The molecule has 1 N–H and O–H groups in total. The molecule has 1 atom stereocenters. The summed E-state index contributed by atoms with van der Waals surface area (Å²) in [4.78, 5) is 0. The van der Waals surface area contributed by atoms with E-state index in [1.807, 2.05) is 6.07 Å². The number of benzene rings is 1. The lowest BCUT2D eigenvalue weighted by Gasteiger charge is -2.44. The molecule has 0 aromatic heterocycles. The Kier molecular flexibility index (Phi) is 3.79. The summed E-state index contributed by atoms with van der Waals surface area (Å²) in [5.74, 6) is -0.184. The molecule has 0 aliphatic carbocycles. The summed E-state index contributed by atoms with van der Waals surface area (Å²) in [6.45, 7) is 5.81. The molecule has 2 rings (SSSR count). The maximum absolute atomic E-state index is 13.3. The Bertz CT molecular complexity index is 376. The Morgan fingerprint density at radius 3 is 2.82 bits per heavy atom. The van der Waals surface area contributed by atoms with E-state index in [9.17, 15) is 4.39 Å². The van der Waals surface area contributed by atoms with E-state index < -0.39 is 0 Å². The van der Waals surface area contributed by atoms with Gasteiger partial charge in [-0.25, -0.2) is 4.39 Å². The molecule has 1 aliphatic rings. The van der Waals surface area contributed by atoms with Crippen molar-refractivity contribution in [2.45, 2.75) is 38.3 Å². The van der Waals surface area contributed by atoms with Crippen LogP contribution in [0.4, 0.5) is 4.39 Å². The van der Waals surface area contributed by atoms with Gasteiger partial charge in [0.05, 0.1) is 18.2 Å². The molecule has 0 spiro atoms. The molecule has 1 saturated heterocycles. The van der Waals surface area contributed by atoms with Crippen LogP contribution < -0.4 is 5.32 Å². The number of morpholine rings is 1. The molecular weight excluding hydrogens is 217 g/mol. The Morgan fingerprint density at radius 2 is 2.18 bits per heavy atom. The second-order valence-corrected chi connectivity index (χ2v) is 4.56. The van der Waals surface area contributed by atoms with Crippen LogP contribution in [0.1, 0.15) is 38.3 Å². The van der Waals surface area contributed by atoms with Crippen molar-refractivity contribution in [2.24, 2.45) is 0 Å². The van der Waals surface area contributed by atoms with E-state index >= 15 is 0 Å². The second-order valence-electron chi connectivity index (χ2n) is 4.56. The summed E-state index contributed by atoms with van der Waals surface area (Å²) in [6, 6.07) is 6.90. The average molecular weight is 237 g/mol. The van der Waals surface area contributed by atoms with E-state index in [2.05, 4.69) is 19.2 Å². The molecular formula is C14H20FNO. The van der Waals surface area contributed by atoms with Crippen LogP contribution in [0.25, 0.3) is 0 Å². The first-order valence-corrected chi connectivity index (χ1v) is 6.34. The third-order valence-corrected chi connectivity index (χ3v) is 3.75. The van der Waals surface area contributed by atoms with E-state index in [-0.39, 0.29) is 17.5 Å². The second kappa shape index (κ2) is 5.15. The van der Waals surface area contributed by atoms with Crippen molar-refractivity contribution in [3.05, 3.63) is 35.6 Å². The Labute approximate surface area is 102 Å². The van der Waals surface area contributed by atoms with E-state index in [1.54, 1.807) is 12.1 Å². The molecule has 3 heteroatoms. The first-order chi connectivity index (χ1) is 8.22. The minimum absolute atomic E-state index is 0.0851. The predicted molar refractivity (Wildman–Crippen MR) is 66.4 cm³/mol. The molecule has 1 aromatic rings. The lowest BCUT2D eigenvalue weighted by molar-refractivity contribution is -0.103. The summed E-state index contributed by atoms with van der Waals surface area (Å²) < 4.78 is 19.3. The highest BCUT2D eigenvalue weighted by Gasteiger charge is 2.39. The molecule has 1 fully saturated rings. The Balaban J connectivity index is 2.33. The normalized spacial score (nSPS) is 23.6. The first kappa shape index (κ1) is 12.5. The van der Waals surface area contributed by atoms with Gasteiger partial charge in [0, 0.05) is 6.54 Å². The van der Waals surface area contributed by atoms with Crippen LogP contribution in [0.2, 0.25) is 0 Å². The van der Waals surface area contributed by atoms with Crippen molar-refractivity contribution in [1.29, 1.82) is 0 Å². The van der Waals surface area contributed by atoms with E-state index in [1.165, 1.54) is 6.07 Å². The third-order valence-electron chi connectivity index (χ3n) is 3.75. The summed E-state index contributed by atoms with van der Waals surface area (Å²) in [6.07, 6.45) is 1.86. The fourth-order valence-corrected chi connectivity index (χ4v) is 2.70. The van der Waals surface area contributed by atoms with Crippen LogP contribution in [-0.2, 0) is 4.74 Å². The highest BCUT2D eigenvalue weighted by Crippen LogP contribution is 2.37. The first-order valence-electron chi connectivity index (χ1n) is 6.34. The minimum atomic E-state index is -0.202. The molecule has 0 radical (unpaired) electrons. The predicted octanol–water partition coefficient (Wildman–Crippen LogP) is 3.05. The smallest absolute Gasteiger partial charge is 0.123 e. The molecule has 0 amide bonds. The number of halogens is 1. The van der Waals surface area contributed by atoms with Gasteiger partial charge in [-0.05, 0) is 30.5 Å². The molecule has 94 valence electrons. The number of ether oxygens (including phenoxy) is 1. The number of hydrogen-bond acceptors (Lipinski definition) is 2. The average Bonchev–Trinajstić information content (AvgIpc) is 2.38. The number of nitrogens with one attached hydrogen (secondary N) is 1. The molecule has 1 unspecified atom stereocenters. The monoisotopic (exact) mass is 237 g/mol. The lowest BCUT2D eigenvalue weighted by Crippen LogP contribution is -2.51. The van der Waals surface area contributed by atoms with Gasteiger partial charge in [-0.15, -0.1) is 0 Å². The van der Waals surface area contributed by atoms with Gasteiger partial charge < -0.3 is 10.1 Å². The van der Waals surface area contributed by atoms with Gasteiger partial charge in [-0.2, -0.15) is 0 Å². The molecule has 2 nitrogen and oxygen atoms in total. The maximum atomic E-state index is 13.3. The maximum Gasteiger partial charge on any atom is 0.123 e. The summed E-state index contributed by atoms with van der Waals surface area (Å²) in [5, 5.41) is 3.46. The van der Waals surface area contributed by atoms with E-state index in [0.29, 0.717) is 0 Å². The quantitative estimate of drug-likeness (QED) is 0.872. The lowest BCUT2D eigenvalue weighted by atomic mass is 9.83. The van der Waals surface area contributed by atoms with Crippen molar-refractivity contribution < 1.29 is 9.13 Å². The van der Waals surface area contributed by atoms with Crippen molar-refractivity contribution in [3.8, 4) is 0 Å². The van der Waals surface area contributed by atoms with Gasteiger partial charge in [0.1, 0.15) is 5.82 Å². The fourth-order valence-electron chi connectivity index (χ4n) is 2.70. The molecule has 0 bridgehead atoms. The fraction of sp³-hybridized carbons (Fsp3) is 0.571. The van der Waals surface area contributed by atoms with Gasteiger partial charge in [0.15, 0.2) is 0 Å². The summed E-state index contributed by atoms with van der Waals surface area (Å²) in [7, 11) is 0. The largest absolute Gasteiger partial charge is 0.372 e. The molecule has 0 saturated carbocycles. The Hall–Kier alpha value is -0.930. The Morgan fingerprint density at radius 1 is 1.41 bits per heavy atom. The molecule has 1 aromatic carbocycles. The van der Waals surface area contributed by atoms with Crippen LogP contribution >= 0.6 is 0 Å².